The lowest BCUT2D eigenvalue weighted by atomic mass is 10.0. The number of rotatable bonds is 1. The second kappa shape index (κ2) is 3.75. The van der Waals surface area contributed by atoms with Gasteiger partial charge in [0.1, 0.15) is 0 Å². The predicted octanol–water partition coefficient (Wildman–Crippen LogP) is 1.51. The molecule has 2 fully saturated rings. The van der Waals surface area contributed by atoms with Gasteiger partial charge in [0.2, 0.25) is 0 Å². The Labute approximate surface area is 74.9 Å². The lowest BCUT2D eigenvalue weighted by Crippen LogP contribution is -2.44. The molecule has 0 aromatic rings. The number of ether oxygens (including phenoxy) is 1. The highest BCUT2D eigenvalue weighted by atomic mass is 16.5. The zero-order valence-corrected chi connectivity index (χ0v) is 7.96. The molecule has 1 heterocycles. The largest absolute Gasteiger partial charge is 0.379 e. The lowest BCUT2D eigenvalue weighted by molar-refractivity contribution is 0.00989. The molecular weight excluding hydrogens is 150 g/mol. The molecule has 2 rings (SSSR count). The molecule has 0 radical (unpaired) electrons. The van der Waals surface area contributed by atoms with Crippen LogP contribution in [0.3, 0.4) is 0 Å². The summed E-state index contributed by atoms with van der Waals surface area (Å²) < 4.78 is 5.35. The van der Waals surface area contributed by atoms with Crippen LogP contribution in [0.25, 0.3) is 0 Å². The number of nitrogens with zero attached hydrogens (tertiary/aromatic N) is 1. The van der Waals surface area contributed by atoms with E-state index < -0.39 is 0 Å². The highest BCUT2D eigenvalue weighted by molar-refractivity contribution is 4.83. The molecular formula is C10H19NO. The molecule has 0 spiro atoms. The Morgan fingerprint density at radius 2 is 1.92 bits per heavy atom. The minimum atomic E-state index is 0.869. The van der Waals surface area contributed by atoms with Crippen molar-refractivity contribution >= 4 is 0 Å². The number of hydrogen-bond acceptors (Lipinski definition) is 2. The van der Waals surface area contributed by atoms with Gasteiger partial charge in [-0.05, 0) is 18.8 Å². The molecule has 2 heteroatoms. The first-order chi connectivity index (χ1) is 5.88. The predicted molar refractivity (Wildman–Crippen MR) is 49.2 cm³/mol. The van der Waals surface area contributed by atoms with Crippen molar-refractivity contribution in [3.8, 4) is 0 Å². The summed E-state index contributed by atoms with van der Waals surface area (Å²) in [5.41, 5.74) is 0. The van der Waals surface area contributed by atoms with E-state index in [1.54, 1.807) is 0 Å². The second-order valence-corrected chi connectivity index (χ2v) is 4.12. The van der Waals surface area contributed by atoms with Crippen molar-refractivity contribution in [3.05, 3.63) is 0 Å². The fourth-order valence-corrected chi connectivity index (χ4v) is 2.58. The third-order valence-corrected chi connectivity index (χ3v) is 3.33. The van der Waals surface area contributed by atoms with Crippen LogP contribution in [-0.4, -0.2) is 37.2 Å². The summed E-state index contributed by atoms with van der Waals surface area (Å²) in [7, 11) is 0. The van der Waals surface area contributed by atoms with E-state index in [4.69, 9.17) is 4.74 Å². The van der Waals surface area contributed by atoms with Crippen molar-refractivity contribution in [2.75, 3.05) is 26.3 Å². The van der Waals surface area contributed by atoms with Crippen molar-refractivity contribution in [2.45, 2.75) is 32.2 Å². The Hall–Kier alpha value is -0.0800. The Bertz CT molecular complexity index is 143. The molecule has 2 aliphatic rings. The van der Waals surface area contributed by atoms with Crippen LogP contribution in [-0.2, 0) is 4.74 Å². The van der Waals surface area contributed by atoms with Crippen LogP contribution in [0, 0.1) is 5.92 Å². The van der Waals surface area contributed by atoms with Crippen LogP contribution in [0.1, 0.15) is 26.2 Å². The van der Waals surface area contributed by atoms with Crippen molar-refractivity contribution in [1.29, 1.82) is 0 Å². The summed E-state index contributed by atoms with van der Waals surface area (Å²) in [6.45, 7) is 6.61. The first kappa shape index (κ1) is 8.52. The van der Waals surface area contributed by atoms with Crippen molar-refractivity contribution in [3.63, 3.8) is 0 Å². The van der Waals surface area contributed by atoms with Gasteiger partial charge >= 0.3 is 0 Å². The Morgan fingerprint density at radius 1 is 1.17 bits per heavy atom. The molecule has 70 valence electrons. The first-order valence-electron chi connectivity index (χ1n) is 5.20. The molecule has 0 amide bonds. The Morgan fingerprint density at radius 3 is 2.50 bits per heavy atom. The van der Waals surface area contributed by atoms with Crippen LogP contribution in [0.15, 0.2) is 0 Å². The average Bonchev–Trinajstić information content (AvgIpc) is 2.53. The molecule has 0 unspecified atom stereocenters. The first-order valence-corrected chi connectivity index (χ1v) is 5.20. The minimum Gasteiger partial charge on any atom is -0.379 e. The van der Waals surface area contributed by atoms with Gasteiger partial charge in [0, 0.05) is 19.1 Å². The minimum absolute atomic E-state index is 0.869. The van der Waals surface area contributed by atoms with Gasteiger partial charge < -0.3 is 4.74 Å². The van der Waals surface area contributed by atoms with Gasteiger partial charge in [-0.1, -0.05) is 13.3 Å². The van der Waals surface area contributed by atoms with Crippen LogP contribution < -0.4 is 0 Å². The van der Waals surface area contributed by atoms with Crippen LogP contribution in [0.2, 0.25) is 0 Å². The summed E-state index contributed by atoms with van der Waals surface area (Å²) in [6, 6.07) is 0.869. The summed E-state index contributed by atoms with van der Waals surface area (Å²) in [5, 5.41) is 0. The lowest BCUT2D eigenvalue weighted by Gasteiger charge is -2.34. The molecule has 0 aromatic heterocycles. The molecule has 1 saturated carbocycles. The van der Waals surface area contributed by atoms with Crippen LogP contribution in [0.4, 0.5) is 0 Å². The highest BCUT2D eigenvalue weighted by Gasteiger charge is 2.29. The van der Waals surface area contributed by atoms with Crippen LogP contribution in [0.5, 0.6) is 0 Å². The normalized spacial score (nSPS) is 38.8. The standard InChI is InChI=1S/C10H19NO/c1-9-3-2-4-10(9)11-5-7-12-8-6-11/h9-10H,2-8H2,1H3/t9-,10-/m1/s1. The van der Waals surface area contributed by atoms with E-state index in [-0.39, 0.29) is 0 Å². The maximum atomic E-state index is 5.35. The highest BCUT2D eigenvalue weighted by Crippen LogP contribution is 2.29. The van der Waals surface area contributed by atoms with Gasteiger partial charge in [0.15, 0.2) is 0 Å². The zero-order valence-electron chi connectivity index (χ0n) is 7.96. The third kappa shape index (κ3) is 1.64. The molecule has 0 aromatic carbocycles. The van der Waals surface area contributed by atoms with E-state index >= 15 is 0 Å². The fourth-order valence-electron chi connectivity index (χ4n) is 2.58. The maximum absolute atomic E-state index is 5.35. The maximum Gasteiger partial charge on any atom is 0.0594 e. The molecule has 1 aliphatic heterocycles. The van der Waals surface area contributed by atoms with E-state index in [9.17, 15) is 0 Å². The molecule has 12 heavy (non-hydrogen) atoms. The fraction of sp³-hybridized carbons (Fsp3) is 1.00. The van der Waals surface area contributed by atoms with Gasteiger partial charge in [-0.3, -0.25) is 4.90 Å². The molecule has 0 bridgehead atoms. The van der Waals surface area contributed by atoms with E-state index in [0.29, 0.717) is 0 Å². The smallest absolute Gasteiger partial charge is 0.0594 e. The van der Waals surface area contributed by atoms with Crippen molar-refractivity contribution < 1.29 is 4.74 Å². The molecule has 1 aliphatic carbocycles. The Balaban J connectivity index is 1.89. The van der Waals surface area contributed by atoms with E-state index in [0.717, 1.165) is 38.3 Å². The summed E-state index contributed by atoms with van der Waals surface area (Å²) in [5.74, 6) is 0.920. The van der Waals surface area contributed by atoms with E-state index in [1.807, 2.05) is 0 Å². The van der Waals surface area contributed by atoms with E-state index in [2.05, 4.69) is 11.8 Å². The molecule has 2 nitrogen and oxygen atoms in total. The number of morpholine rings is 1. The summed E-state index contributed by atoms with van der Waals surface area (Å²) >= 11 is 0. The van der Waals surface area contributed by atoms with Gasteiger partial charge in [0.05, 0.1) is 13.2 Å². The molecule has 2 atom stereocenters. The van der Waals surface area contributed by atoms with Crippen LogP contribution >= 0.6 is 0 Å². The van der Waals surface area contributed by atoms with Crippen molar-refractivity contribution in [1.82, 2.24) is 4.90 Å². The zero-order chi connectivity index (χ0) is 8.39. The SMILES string of the molecule is C[C@@H]1CCC[C@H]1N1CCOCC1. The Kier molecular flexibility index (Phi) is 2.66. The topological polar surface area (TPSA) is 12.5 Å². The average molecular weight is 169 g/mol. The van der Waals surface area contributed by atoms with E-state index in [1.165, 1.54) is 19.3 Å². The van der Waals surface area contributed by atoms with Gasteiger partial charge in [0.25, 0.3) is 0 Å². The van der Waals surface area contributed by atoms with Gasteiger partial charge in [-0.15, -0.1) is 0 Å². The molecule has 1 saturated heterocycles. The van der Waals surface area contributed by atoms with Crippen molar-refractivity contribution in [2.24, 2.45) is 5.92 Å². The van der Waals surface area contributed by atoms with Gasteiger partial charge in [-0.2, -0.15) is 0 Å². The summed E-state index contributed by atoms with van der Waals surface area (Å²) in [4.78, 5) is 2.63. The quantitative estimate of drug-likeness (QED) is 0.590. The van der Waals surface area contributed by atoms with Gasteiger partial charge in [-0.25, -0.2) is 0 Å². The molecule has 0 N–H and O–H groups in total. The monoisotopic (exact) mass is 169 g/mol. The second-order valence-electron chi connectivity index (χ2n) is 4.12. The third-order valence-electron chi connectivity index (χ3n) is 3.33. The summed E-state index contributed by atoms with van der Waals surface area (Å²) in [6.07, 6.45) is 4.28. The number of hydrogen-bond donors (Lipinski definition) is 0.